The maximum Gasteiger partial charge on any atom is 0.312 e. The van der Waals surface area contributed by atoms with E-state index in [0.29, 0.717) is 19.1 Å². The van der Waals surface area contributed by atoms with Gasteiger partial charge in [0.1, 0.15) is 0 Å². The maximum absolute atomic E-state index is 12.7. The van der Waals surface area contributed by atoms with Crippen LogP contribution in [0.4, 0.5) is 0 Å². The van der Waals surface area contributed by atoms with E-state index >= 15 is 0 Å². The van der Waals surface area contributed by atoms with Gasteiger partial charge in [-0.05, 0) is 57.3 Å². The first-order chi connectivity index (χ1) is 13.5. The number of hydrogen-bond donors (Lipinski definition) is 0. The maximum atomic E-state index is 12.7. The summed E-state index contributed by atoms with van der Waals surface area (Å²) in [7, 11) is 0. The Hall–Kier alpha value is -1.06. The summed E-state index contributed by atoms with van der Waals surface area (Å²) in [6.07, 6.45) is 12.1. The third kappa shape index (κ3) is 4.74. The zero-order chi connectivity index (χ0) is 20.6. The van der Waals surface area contributed by atoms with Crippen molar-refractivity contribution in [3.63, 3.8) is 0 Å². The molecular weight excluding hydrogens is 352 g/mol. The molecule has 1 saturated carbocycles. The van der Waals surface area contributed by atoms with Crippen LogP contribution in [0.15, 0.2) is 0 Å². The normalized spacial score (nSPS) is 31.0. The molecule has 0 radical (unpaired) electrons. The Morgan fingerprint density at radius 2 is 1.82 bits per heavy atom. The highest BCUT2D eigenvalue weighted by atomic mass is 16.5. The van der Waals surface area contributed by atoms with E-state index in [4.69, 9.17) is 9.47 Å². The van der Waals surface area contributed by atoms with E-state index in [-0.39, 0.29) is 28.7 Å². The second-order valence-electron chi connectivity index (χ2n) is 9.22. The van der Waals surface area contributed by atoms with Gasteiger partial charge < -0.3 is 9.47 Å². The van der Waals surface area contributed by atoms with Gasteiger partial charge in [-0.25, -0.2) is 0 Å². The lowest BCUT2D eigenvalue weighted by Gasteiger charge is -2.46. The molecule has 0 amide bonds. The van der Waals surface area contributed by atoms with E-state index in [1.165, 1.54) is 0 Å². The van der Waals surface area contributed by atoms with Gasteiger partial charge in [-0.2, -0.15) is 0 Å². The summed E-state index contributed by atoms with van der Waals surface area (Å²) in [4.78, 5) is 25.1. The molecule has 2 aliphatic rings. The highest BCUT2D eigenvalue weighted by Crippen LogP contribution is 2.59. The van der Waals surface area contributed by atoms with E-state index < -0.39 is 0 Å². The van der Waals surface area contributed by atoms with Crippen molar-refractivity contribution in [2.75, 3.05) is 13.2 Å². The van der Waals surface area contributed by atoms with Crippen molar-refractivity contribution in [1.29, 1.82) is 0 Å². The molecule has 0 aromatic rings. The molecule has 1 aliphatic carbocycles. The van der Waals surface area contributed by atoms with Gasteiger partial charge >= 0.3 is 11.9 Å². The smallest absolute Gasteiger partial charge is 0.312 e. The van der Waals surface area contributed by atoms with E-state index in [2.05, 4.69) is 27.7 Å². The van der Waals surface area contributed by atoms with Crippen LogP contribution < -0.4 is 0 Å². The zero-order valence-corrected chi connectivity index (χ0v) is 18.7. The number of esters is 2. The summed E-state index contributed by atoms with van der Waals surface area (Å²) in [6, 6.07) is 0. The fraction of sp³-hybridized carbons (Fsp3) is 0.917. The molecule has 0 aromatic heterocycles. The van der Waals surface area contributed by atoms with Crippen LogP contribution in [0.5, 0.6) is 0 Å². The van der Waals surface area contributed by atoms with Gasteiger partial charge in [-0.1, -0.05) is 53.4 Å². The van der Waals surface area contributed by atoms with Gasteiger partial charge in [0, 0.05) is 5.41 Å². The lowest BCUT2D eigenvalue weighted by Crippen LogP contribution is -2.45. The van der Waals surface area contributed by atoms with Crippen LogP contribution in [0, 0.1) is 22.7 Å². The zero-order valence-electron chi connectivity index (χ0n) is 18.7. The second-order valence-corrected chi connectivity index (χ2v) is 9.22. The molecule has 0 bridgehead atoms. The third-order valence-corrected chi connectivity index (χ3v) is 7.70. The molecule has 2 rings (SSSR count). The number of carbonyl (C=O) groups excluding carboxylic acids is 2. The standard InChI is InChI=1S/C24H42O4/c1-5-9-11-20(7-3)21(25)27-17-19-12-15-23(16-13-19)18-28-22(26)24(23,8-4)14-10-6-2/h19-20H,5-18H2,1-4H3. The largest absolute Gasteiger partial charge is 0.465 e. The highest BCUT2D eigenvalue weighted by molar-refractivity contribution is 5.80. The molecule has 2 unspecified atom stereocenters. The molecule has 4 heteroatoms. The Morgan fingerprint density at radius 3 is 2.39 bits per heavy atom. The van der Waals surface area contributed by atoms with Gasteiger partial charge in [0.05, 0.1) is 24.5 Å². The fourth-order valence-electron chi connectivity index (χ4n) is 5.52. The minimum Gasteiger partial charge on any atom is -0.465 e. The number of cyclic esters (lactones) is 1. The molecule has 2 fully saturated rings. The third-order valence-electron chi connectivity index (χ3n) is 7.70. The summed E-state index contributed by atoms with van der Waals surface area (Å²) in [5, 5.41) is 0. The molecule has 1 aliphatic heterocycles. The van der Waals surface area contributed by atoms with Gasteiger partial charge in [0.2, 0.25) is 0 Å². The number of unbranched alkanes of at least 4 members (excludes halogenated alkanes) is 2. The second kappa shape index (κ2) is 10.6. The number of hydrogen-bond acceptors (Lipinski definition) is 4. The first kappa shape index (κ1) is 23.2. The van der Waals surface area contributed by atoms with Crippen LogP contribution >= 0.6 is 0 Å². The molecule has 162 valence electrons. The minimum atomic E-state index is -0.294. The molecule has 1 spiro atoms. The minimum absolute atomic E-state index is 0.00158. The van der Waals surface area contributed by atoms with E-state index in [1.54, 1.807) is 0 Å². The molecule has 1 heterocycles. The van der Waals surface area contributed by atoms with Crippen LogP contribution in [-0.2, 0) is 19.1 Å². The molecular formula is C24H42O4. The predicted octanol–water partition coefficient (Wildman–Crippen LogP) is 6.07. The van der Waals surface area contributed by atoms with Gasteiger partial charge in [-0.15, -0.1) is 0 Å². The fourth-order valence-corrected chi connectivity index (χ4v) is 5.52. The molecule has 1 saturated heterocycles. The first-order valence-corrected chi connectivity index (χ1v) is 11.8. The summed E-state index contributed by atoms with van der Waals surface area (Å²) in [5.41, 5.74) is -0.292. The molecule has 0 N–H and O–H groups in total. The Morgan fingerprint density at radius 1 is 1.14 bits per heavy atom. The summed E-state index contributed by atoms with van der Waals surface area (Å²) in [5.74, 6) is 0.503. The number of carbonyl (C=O) groups is 2. The SMILES string of the molecule is CCCCC(CC)C(=O)OCC1CCC2(CC1)COC(=O)C2(CC)CCCC. The van der Waals surface area contributed by atoms with E-state index in [1.807, 2.05) is 0 Å². The van der Waals surface area contributed by atoms with Crippen LogP contribution in [0.3, 0.4) is 0 Å². The number of ether oxygens (including phenoxy) is 2. The van der Waals surface area contributed by atoms with Crippen molar-refractivity contribution < 1.29 is 19.1 Å². The Bertz CT molecular complexity index is 507. The molecule has 0 aromatic carbocycles. The van der Waals surface area contributed by atoms with Gasteiger partial charge in [0.25, 0.3) is 0 Å². The van der Waals surface area contributed by atoms with Crippen molar-refractivity contribution in [3.05, 3.63) is 0 Å². The number of rotatable bonds is 11. The van der Waals surface area contributed by atoms with Crippen LogP contribution in [0.25, 0.3) is 0 Å². The average Bonchev–Trinajstić information content (AvgIpc) is 2.98. The highest BCUT2D eigenvalue weighted by Gasteiger charge is 2.61. The van der Waals surface area contributed by atoms with E-state index in [9.17, 15) is 9.59 Å². The molecule has 28 heavy (non-hydrogen) atoms. The average molecular weight is 395 g/mol. The van der Waals surface area contributed by atoms with Crippen molar-refractivity contribution in [1.82, 2.24) is 0 Å². The van der Waals surface area contributed by atoms with Crippen molar-refractivity contribution in [2.24, 2.45) is 22.7 Å². The van der Waals surface area contributed by atoms with Crippen LogP contribution in [0.1, 0.15) is 105 Å². The quantitative estimate of drug-likeness (QED) is 0.399. The van der Waals surface area contributed by atoms with Crippen LogP contribution in [0.2, 0.25) is 0 Å². The van der Waals surface area contributed by atoms with Gasteiger partial charge in [0.15, 0.2) is 0 Å². The molecule has 2 atom stereocenters. The van der Waals surface area contributed by atoms with Crippen LogP contribution in [-0.4, -0.2) is 25.2 Å². The van der Waals surface area contributed by atoms with Crippen molar-refractivity contribution in [3.8, 4) is 0 Å². The Kier molecular flexibility index (Phi) is 8.82. The Labute approximate surface area is 172 Å². The first-order valence-electron chi connectivity index (χ1n) is 11.8. The van der Waals surface area contributed by atoms with Gasteiger partial charge in [-0.3, -0.25) is 9.59 Å². The monoisotopic (exact) mass is 394 g/mol. The van der Waals surface area contributed by atoms with Crippen molar-refractivity contribution in [2.45, 2.75) is 105 Å². The summed E-state index contributed by atoms with van der Waals surface area (Å²) < 4.78 is 11.4. The molecule has 4 nitrogen and oxygen atoms in total. The Balaban J connectivity index is 1.90. The summed E-state index contributed by atoms with van der Waals surface area (Å²) in [6.45, 7) is 9.70. The predicted molar refractivity (Wildman–Crippen MR) is 112 cm³/mol. The topological polar surface area (TPSA) is 52.6 Å². The summed E-state index contributed by atoms with van der Waals surface area (Å²) >= 11 is 0. The lowest BCUT2D eigenvalue weighted by atomic mass is 9.54. The van der Waals surface area contributed by atoms with E-state index in [0.717, 1.165) is 77.0 Å². The lowest BCUT2D eigenvalue weighted by molar-refractivity contribution is -0.151. The van der Waals surface area contributed by atoms with Crippen molar-refractivity contribution >= 4 is 11.9 Å².